The molecule has 2 aromatic carbocycles. The Labute approximate surface area is 153 Å². The summed E-state index contributed by atoms with van der Waals surface area (Å²) in [6.07, 6.45) is 1.50. The van der Waals surface area contributed by atoms with Gasteiger partial charge in [0, 0.05) is 22.0 Å². The molecular weight excluding hydrogens is 409 g/mol. The quantitative estimate of drug-likeness (QED) is 0.634. The number of halogens is 2. The first-order valence-corrected chi connectivity index (χ1v) is 9.48. The molecule has 0 aliphatic heterocycles. The Hall–Kier alpha value is -2.45. The lowest BCUT2D eigenvalue weighted by atomic mass is 10.3. The normalized spacial score (nSPS) is 11.1. The number of aromatic nitrogens is 1. The first-order valence-electron chi connectivity index (χ1n) is 7.20. The summed E-state index contributed by atoms with van der Waals surface area (Å²) in [5, 5.41) is 2.99. The standard InChI is InChI=1S/C17H13BrFN3O2S/c18-12-3-1-4-15(11-12)21-17-16(5-2-10-20-17)25(23,24)22-14-8-6-13(19)7-9-14/h1-11,22H,(H,20,21). The number of nitrogens with zero attached hydrogens (tertiary/aromatic N) is 1. The van der Waals surface area contributed by atoms with Crippen molar-refractivity contribution < 1.29 is 12.8 Å². The van der Waals surface area contributed by atoms with Gasteiger partial charge in [0.25, 0.3) is 10.0 Å². The zero-order chi connectivity index (χ0) is 17.9. The van der Waals surface area contributed by atoms with E-state index in [0.29, 0.717) is 5.69 Å². The highest BCUT2D eigenvalue weighted by atomic mass is 79.9. The van der Waals surface area contributed by atoms with Crippen LogP contribution in [0.2, 0.25) is 0 Å². The van der Waals surface area contributed by atoms with E-state index in [1.165, 1.54) is 42.6 Å². The van der Waals surface area contributed by atoms with Crippen molar-refractivity contribution in [1.29, 1.82) is 0 Å². The molecule has 0 spiro atoms. The Morgan fingerprint density at radius 1 is 0.960 bits per heavy atom. The summed E-state index contributed by atoms with van der Waals surface area (Å²) >= 11 is 3.36. The van der Waals surface area contributed by atoms with Crippen LogP contribution in [0.25, 0.3) is 0 Å². The van der Waals surface area contributed by atoms with Crippen molar-refractivity contribution in [3.8, 4) is 0 Å². The topological polar surface area (TPSA) is 71.1 Å². The third-order valence-electron chi connectivity index (χ3n) is 3.24. The fraction of sp³-hybridized carbons (Fsp3) is 0. The molecule has 0 fully saturated rings. The average Bonchev–Trinajstić information content (AvgIpc) is 2.57. The number of sulfonamides is 1. The van der Waals surface area contributed by atoms with E-state index in [1.807, 2.05) is 12.1 Å². The Bertz CT molecular complexity index is 995. The zero-order valence-corrected chi connectivity index (χ0v) is 15.2. The zero-order valence-electron chi connectivity index (χ0n) is 12.8. The molecule has 3 rings (SSSR count). The summed E-state index contributed by atoms with van der Waals surface area (Å²) < 4.78 is 41.6. The second-order valence-corrected chi connectivity index (χ2v) is 7.66. The molecule has 25 heavy (non-hydrogen) atoms. The van der Waals surface area contributed by atoms with E-state index in [1.54, 1.807) is 12.1 Å². The maximum Gasteiger partial charge on any atom is 0.265 e. The first-order chi connectivity index (χ1) is 11.9. The SMILES string of the molecule is O=S(=O)(Nc1ccc(F)cc1)c1cccnc1Nc1cccc(Br)c1. The lowest BCUT2D eigenvalue weighted by Crippen LogP contribution is -2.15. The number of benzene rings is 2. The van der Waals surface area contributed by atoms with Gasteiger partial charge in [0.05, 0.1) is 0 Å². The number of rotatable bonds is 5. The fourth-order valence-electron chi connectivity index (χ4n) is 2.13. The molecule has 5 nitrogen and oxygen atoms in total. The van der Waals surface area contributed by atoms with Gasteiger partial charge >= 0.3 is 0 Å². The molecule has 0 atom stereocenters. The number of hydrogen-bond acceptors (Lipinski definition) is 4. The first kappa shape index (κ1) is 17.4. The maximum absolute atomic E-state index is 13.0. The van der Waals surface area contributed by atoms with Gasteiger partial charge in [0.1, 0.15) is 10.7 Å². The highest BCUT2D eigenvalue weighted by Gasteiger charge is 2.20. The van der Waals surface area contributed by atoms with Crippen LogP contribution in [0.15, 0.2) is 76.2 Å². The van der Waals surface area contributed by atoms with Crippen molar-refractivity contribution in [3.05, 3.63) is 77.2 Å². The fourth-order valence-corrected chi connectivity index (χ4v) is 3.70. The van der Waals surface area contributed by atoms with E-state index in [9.17, 15) is 12.8 Å². The van der Waals surface area contributed by atoms with Gasteiger partial charge in [-0.15, -0.1) is 0 Å². The Morgan fingerprint density at radius 3 is 2.44 bits per heavy atom. The van der Waals surface area contributed by atoms with Crippen LogP contribution in [0.3, 0.4) is 0 Å². The second kappa shape index (κ2) is 7.20. The van der Waals surface area contributed by atoms with Crippen molar-refractivity contribution in [3.63, 3.8) is 0 Å². The lowest BCUT2D eigenvalue weighted by Gasteiger charge is -2.13. The van der Waals surface area contributed by atoms with Crippen LogP contribution in [0.5, 0.6) is 0 Å². The largest absolute Gasteiger partial charge is 0.339 e. The molecule has 1 heterocycles. The average molecular weight is 422 g/mol. The minimum Gasteiger partial charge on any atom is -0.339 e. The van der Waals surface area contributed by atoms with E-state index >= 15 is 0 Å². The highest BCUT2D eigenvalue weighted by Crippen LogP contribution is 2.26. The lowest BCUT2D eigenvalue weighted by molar-refractivity contribution is 0.601. The smallest absolute Gasteiger partial charge is 0.265 e. The molecule has 3 aromatic rings. The molecule has 0 amide bonds. The predicted octanol–water partition coefficient (Wildman–Crippen LogP) is 4.53. The van der Waals surface area contributed by atoms with E-state index in [-0.39, 0.29) is 16.4 Å². The molecule has 0 saturated heterocycles. The monoisotopic (exact) mass is 421 g/mol. The molecular formula is C17H13BrFN3O2S. The van der Waals surface area contributed by atoms with Crippen LogP contribution in [0.4, 0.5) is 21.6 Å². The van der Waals surface area contributed by atoms with E-state index < -0.39 is 15.8 Å². The molecule has 0 bridgehead atoms. The molecule has 0 aliphatic rings. The summed E-state index contributed by atoms with van der Waals surface area (Å²) in [4.78, 5) is 4.11. The summed E-state index contributed by atoms with van der Waals surface area (Å²) in [7, 11) is -3.90. The summed E-state index contributed by atoms with van der Waals surface area (Å²) in [6, 6.07) is 15.3. The number of hydrogen-bond donors (Lipinski definition) is 2. The van der Waals surface area contributed by atoms with Gasteiger partial charge < -0.3 is 5.32 Å². The van der Waals surface area contributed by atoms with Gasteiger partial charge in [-0.25, -0.2) is 17.8 Å². The van der Waals surface area contributed by atoms with Crippen molar-refractivity contribution in [2.24, 2.45) is 0 Å². The minimum atomic E-state index is -3.90. The van der Waals surface area contributed by atoms with E-state index in [0.717, 1.165) is 4.47 Å². The third kappa shape index (κ3) is 4.34. The molecule has 128 valence electrons. The molecule has 0 saturated carbocycles. The van der Waals surface area contributed by atoms with Crippen molar-refractivity contribution >= 4 is 43.1 Å². The van der Waals surface area contributed by atoms with Crippen LogP contribution in [0.1, 0.15) is 0 Å². The van der Waals surface area contributed by atoms with E-state index in [4.69, 9.17) is 0 Å². The third-order valence-corrected chi connectivity index (χ3v) is 5.15. The van der Waals surface area contributed by atoms with Gasteiger partial charge in [-0.05, 0) is 54.6 Å². The Kier molecular flexibility index (Phi) is 5.00. The van der Waals surface area contributed by atoms with E-state index in [2.05, 4.69) is 31.0 Å². The summed E-state index contributed by atoms with van der Waals surface area (Å²) in [5.41, 5.74) is 0.949. The van der Waals surface area contributed by atoms with Gasteiger partial charge in [-0.3, -0.25) is 4.72 Å². The van der Waals surface area contributed by atoms with Crippen molar-refractivity contribution in [2.75, 3.05) is 10.0 Å². The molecule has 2 N–H and O–H groups in total. The predicted molar refractivity (Wildman–Crippen MR) is 98.9 cm³/mol. The highest BCUT2D eigenvalue weighted by molar-refractivity contribution is 9.10. The maximum atomic E-state index is 13.0. The number of pyridine rings is 1. The van der Waals surface area contributed by atoms with Crippen LogP contribution in [-0.4, -0.2) is 13.4 Å². The van der Waals surface area contributed by atoms with Crippen molar-refractivity contribution in [2.45, 2.75) is 4.90 Å². The Morgan fingerprint density at radius 2 is 1.72 bits per heavy atom. The molecule has 1 aromatic heterocycles. The Balaban J connectivity index is 1.92. The van der Waals surface area contributed by atoms with Crippen LogP contribution in [-0.2, 0) is 10.0 Å². The second-order valence-electron chi connectivity index (χ2n) is 5.10. The molecule has 0 radical (unpaired) electrons. The van der Waals surface area contributed by atoms with Gasteiger partial charge in [0.15, 0.2) is 5.82 Å². The van der Waals surface area contributed by atoms with Gasteiger partial charge in [-0.1, -0.05) is 22.0 Å². The van der Waals surface area contributed by atoms with Gasteiger partial charge in [0.2, 0.25) is 0 Å². The number of nitrogens with one attached hydrogen (secondary N) is 2. The molecule has 8 heteroatoms. The minimum absolute atomic E-state index is 0.0145. The van der Waals surface area contributed by atoms with Crippen LogP contribution >= 0.6 is 15.9 Å². The number of anilines is 3. The summed E-state index contributed by atoms with van der Waals surface area (Å²) in [5.74, 6) is -0.253. The van der Waals surface area contributed by atoms with Crippen LogP contribution < -0.4 is 10.0 Å². The van der Waals surface area contributed by atoms with Crippen molar-refractivity contribution in [1.82, 2.24) is 4.98 Å². The summed E-state index contributed by atoms with van der Waals surface area (Å²) in [6.45, 7) is 0. The molecule has 0 unspecified atom stereocenters. The molecule has 0 aliphatic carbocycles. The van der Waals surface area contributed by atoms with Crippen LogP contribution in [0, 0.1) is 5.82 Å². The van der Waals surface area contributed by atoms with Gasteiger partial charge in [-0.2, -0.15) is 0 Å².